The molecule has 3 heterocycles. The summed E-state index contributed by atoms with van der Waals surface area (Å²) in [7, 11) is -0.164. The quantitative estimate of drug-likeness (QED) is 0.0639. The number of amides is 2. The molecule has 0 bridgehead atoms. The Bertz CT molecular complexity index is 2280. The Kier molecular flexibility index (Phi) is 32.1. The number of carbonyl (C=O) groups is 6. The molecule has 390 valence electrons. The number of unbranched alkanes of at least 4 members (excludes halogenated alkanes) is 1. The Hall–Kier alpha value is -6.06. The number of esters is 1. The molecule has 20 heteroatoms. The van der Waals surface area contributed by atoms with Crippen LogP contribution in [0, 0.1) is 0 Å². The minimum Gasteiger partial charge on any atom is -0.458 e. The van der Waals surface area contributed by atoms with Crippen molar-refractivity contribution in [1.29, 1.82) is 0 Å². The van der Waals surface area contributed by atoms with Gasteiger partial charge in [0.05, 0.1) is 29.7 Å². The molecule has 2 amide bonds. The van der Waals surface area contributed by atoms with E-state index in [2.05, 4.69) is 23.3 Å². The van der Waals surface area contributed by atoms with Crippen molar-refractivity contribution in [3.05, 3.63) is 88.1 Å². The van der Waals surface area contributed by atoms with E-state index in [1.807, 2.05) is 91.6 Å². The van der Waals surface area contributed by atoms with Crippen LogP contribution in [0.25, 0.3) is 16.6 Å². The molecule has 2 aromatic carbocycles. The van der Waals surface area contributed by atoms with Gasteiger partial charge in [-0.05, 0) is 75.7 Å². The fourth-order valence-corrected chi connectivity index (χ4v) is 7.82. The number of nitrogens with one attached hydrogen (secondary N) is 2. The number of ether oxygens (including phenoxy) is 4. The Morgan fingerprint density at radius 2 is 1.64 bits per heavy atom. The number of cyclic esters (lactones) is 1. The summed E-state index contributed by atoms with van der Waals surface area (Å²) in [5, 5.41) is 5.83. The first kappa shape index (κ1) is 63.9. The molecular formula is C50H77N7O12S. The van der Waals surface area contributed by atoms with Crippen molar-refractivity contribution >= 4 is 68.8 Å². The number of carbonyl (C=O) groups excluding carboxylic acids is 6. The lowest BCUT2D eigenvalue weighted by molar-refractivity contribution is -0.153. The zero-order chi connectivity index (χ0) is 53.4. The number of hydrogen-bond donors (Lipinski definition) is 4. The van der Waals surface area contributed by atoms with Crippen molar-refractivity contribution in [2.45, 2.75) is 107 Å². The molecule has 70 heavy (non-hydrogen) atoms. The molecule has 1 unspecified atom stereocenters. The highest BCUT2D eigenvalue weighted by atomic mass is 32.2. The molecule has 1 aromatic heterocycles. The number of aromatic nitrogens is 1. The Morgan fingerprint density at radius 1 is 1.00 bits per heavy atom. The molecule has 0 saturated heterocycles. The van der Waals surface area contributed by atoms with Crippen LogP contribution in [0.3, 0.4) is 0 Å². The average Bonchev–Trinajstić information content (AvgIpc) is 3.67. The van der Waals surface area contributed by atoms with Crippen molar-refractivity contribution in [3.8, 4) is 0 Å². The fraction of sp³-hybridized carbons (Fsp3) is 0.500. The molecule has 2 aliphatic rings. The number of fused-ring (bicyclic) bond motifs is 2. The number of nitrogens with two attached hydrogens (primary N) is 2. The van der Waals surface area contributed by atoms with Gasteiger partial charge in [0.1, 0.15) is 39.0 Å². The molecule has 0 spiro atoms. The summed E-state index contributed by atoms with van der Waals surface area (Å²) in [6.45, 7) is 17.7. The third-order valence-corrected chi connectivity index (χ3v) is 11.1. The standard InChI is InChI=1S/C39H43N5O12S.C4H11N.3C2H6.CH5N/c1-24(2)44(57(4,51)52)14-13-28-29-7-5-6-8-32(29)42-36-31(28)19-43(3)33(36)17-30-26(20-46)22-54-38(49)37(30)56-39(50)55-21-25-9-11-27(12-10-25)41-34(47)18-40-35(48)23-53-16-15-45;1-2-3-4-5;4*1-2/h5-12,15,17,20,24,37H,13-14,16,18-19,21-23H2,1-4H3,(H,40,48)(H,41,47);2-5H2,1H3;3*1-2H3;2H2,1H3/b33-17-;;;;;. The summed E-state index contributed by atoms with van der Waals surface area (Å²) in [6, 6.07) is 13.5. The van der Waals surface area contributed by atoms with Crippen LogP contribution in [0.4, 0.5) is 10.5 Å². The van der Waals surface area contributed by atoms with Crippen LogP contribution in [0.5, 0.6) is 0 Å². The number of rotatable bonds is 19. The fourth-order valence-electron chi connectivity index (χ4n) is 6.63. The molecule has 2 aliphatic heterocycles. The summed E-state index contributed by atoms with van der Waals surface area (Å²) >= 11 is 0. The van der Waals surface area contributed by atoms with Crippen LogP contribution in [-0.4, -0.2) is 131 Å². The highest BCUT2D eigenvalue weighted by Gasteiger charge is 2.37. The maximum Gasteiger partial charge on any atom is 0.509 e. The van der Waals surface area contributed by atoms with E-state index in [1.165, 1.54) is 30.5 Å². The first-order valence-corrected chi connectivity index (χ1v) is 25.4. The predicted octanol–water partition coefficient (Wildman–Crippen LogP) is 5.68. The summed E-state index contributed by atoms with van der Waals surface area (Å²) in [5.41, 5.74) is 14.3. The number of sulfonamides is 1. The van der Waals surface area contributed by atoms with Gasteiger partial charge >= 0.3 is 12.1 Å². The number of anilines is 1. The average molecular weight is 1000 g/mol. The third-order valence-electron chi connectivity index (χ3n) is 9.65. The molecule has 0 aliphatic carbocycles. The molecule has 1 atom stereocenters. The van der Waals surface area contributed by atoms with Gasteiger partial charge in [0.15, 0.2) is 0 Å². The maximum absolute atomic E-state index is 13.1. The lowest BCUT2D eigenvalue weighted by Crippen LogP contribution is -2.37. The largest absolute Gasteiger partial charge is 0.509 e. The van der Waals surface area contributed by atoms with Crippen molar-refractivity contribution < 1.29 is 56.1 Å². The van der Waals surface area contributed by atoms with E-state index >= 15 is 0 Å². The Labute approximate surface area is 414 Å². The second-order valence-corrected chi connectivity index (χ2v) is 16.6. The van der Waals surface area contributed by atoms with Crippen molar-refractivity contribution in [3.63, 3.8) is 0 Å². The monoisotopic (exact) mass is 1000 g/mol. The lowest BCUT2D eigenvalue weighted by Gasteiger charge is -2.25. The number of aldehydes is 2. The Morgan fingerprint density at radius 3 is 2.20 bits per heavy atom. The summed E-state index contributed by atoms with van der Waals surface area (Å²) in [6.07, 6.45) is 3.74. The van der Waals surface area contributed by atoms with Gasteiger partial charge in [-0.3, -0.25) is 14.4 Å². The summed E-state index contributed by atoms with van der Waals surface area (Å²) in [5.74, 6) is -1.99. The minimum atomic E-state index is -3.48. The molecule has 0 saturated carbocycles. The molecule has 5 rings (SSSR count). The van der Waals surface area contributed by atoms with Crippen LogP contribution in [0.15, 0.2) is 65.8 Å². The van der Waals surface area contributed by atoms with Gasteiger partial charge in [-0.1, -0.05) is 85.2 Å². The molecule has 3 aromatic rings. The maximum atomic E-state index is 13.1. The van der Waals surface area contributed by atoms with Gasteiger partial charge in [0, 0.05) is 54.0 Å². The second kappa shape index (κ2) is 35.1. The van der Waals surface area contributed by atoms with Crippen molar-refractivity contribution in [2.24, 2.45) is 11.5 Å². The van der Waals surface area contributed by atoms with Crippen molar-refractivity contribution in [2.75, 3.05) is 65.1 Å². The van der Waals surface area contributed by atoms with Crippen molar-refractivity contribution in [1.82, 2.24) is 19.5 Å². The topological polar surface area (TPSA) is 269 Å². The number of benzene rings is 2. The smallest absolute Gasteiger partial charge is 0.458 e. The molecule has 0 radical (unpaired) electrons. The second-order valence-electron chi connectivity index (χ2n) is 14.6. The van der Waals surface area contributed by atoms with E-state index in [-0.39, 0.29) is 56.7 Å². The molecule has 0 fully saturated rings. The van der Waals surface area contributed by atoms with E-state index in [0.29, 0.717) is 53.7 Å². The van der Waals surface area contributed by atoms with Gasteiger partial charge in [0.2, 0.25) is 27.9 Å². The van der Waals surface area contributed by atoms with Gasteiger partial charge < -0.3 is 50.7 Å². The van der Waals surface area contributed by atoms with Gasteiger partial charge in [-0.15, -0.1) is 0 Å². The first-order chi connectivity index (χ1) is 33.6. The molecular weight excluding hydrogens is 923 g/mol. The first-order valence-electron chi connectivity index (χ1n) is 23.5. The SMILES string of the molecule is CC.CC.CC.CC(C)N(CCc1c2c(nc3ccccc13)/C(=C/C1=C(C=O)COC(=O)C1OC(=O)OCc1ccc(NC(=O)CNC(=O)COCC=O)cc1)N(C)C2)S(C)(=O)=O.CCCCN.CN. The number of nitrogens with zero attached hydrogens (tertiary/aromatic N) is 3. The van der Waals surface area contributed by atoms with Crippen LogP contribution in [0.1, 0.15) is 97.5 Å². The van der Waals surface area contributed by atoms with Crippen LogP contribution < -0.4 is 22.1 Å². The van der Waals surface area contributed by atoms with E-state index in [1.54, 1.807) is 30.3 Å². The zero-order valence-corrected chi connectivity index (χ0v) is 43.9. The molecule has 19 nitrogen and oxygen atoms in total. The van der Waals surface area contributed by atoms with Crippen LogP contribution in [-0.2, 0) is 72.5 Å². The van der Waals surface area contributed by atoms with Crippen LogP contribution in [0.2, 0.25) is 0 Å². The third kappa shape index (κ3) is 20.5. The van der Waals surface area contributed by atoms with Gasteiger partial charge in [0.25, 0.3) is 0 Å². The highest BCUT2D eigenvalue weighted by Crippen LogP contribution is 2.38. The van der Waals surface area contributed by atoms with Gasteiger partial charge in [-0.2, -0.15) is 4.31 Å². The van der Waals surface area contributed by atoms with E-state index in [0.717, 1.165) is 23.1 Å². The number of pyridine rings is 1. The molecule has 6 N–H and O–H groups in total. The normalized spacial score (nSPS) is 14.1. The highest BCUT2D eigenvalue weighted by molar-refractivity contribution is 7.88. The number of para-hydroxylation sites is 1. The number of hydrogen-bond acceptors (Lipinski definition) is 16. The van der Waals surface area contributed by atoms with E-state index in [9.17, 15) is 37.2 Å². The zero-order valence-electron chi connectivity index (χ0n) is 43.1. The summed E-state index contributed by atoms with van der Waals surface area (Å²) in [4.78, 5) is 79.2. The van der Waals surface area contributed by atoms with Crippen LogP contribution >= 0.6 is 0 Å². The summed E-state index contributed by atoms with van der Waals surface area (Å²) < 4.78 is 47.3. The van der Waals surface area contributed by atoms with Gasteiger partial charge in [-0.25, -0.2) is 23.0 Å². The minimum absolute atomic E-state index is 0.0759. The lowest BCUT2D eigenvalue weighted by atomic mass is 9.96. The predicted molar refractivity (Wildman–Crippen MR) is 274 cm³/mol. The Balaban J connectivity index is 0.00000332. The van der Waals surface area contributed by atoms with E-state index in [4.69, 9.17) is 29.7 Å². The van der Waals surface area contributed by atoms with E-state index < -0.39 is 40.1 Å².